The third-order valence-corrected chi connectivity index (χ3v) is 5.14. The molecule has 0 aliphatic rings. The maximum atomic E-state index is 12.5. The second-order valence-corrected chi connectivity index (χ2v) is 7.35. The number of rotatable bonds is 8. The minimum atomic E-state index is -3.72. The highest BCUT2D eigenvalue weighted by atomic mass is 32.2. The number of amides is 1. The van der Waals surface area contributed by atoms with Crippen molar-refractivity contribution in [2.75, 3.05) is 33.8 Å². The molecule has 1 aromatic carbocycles. The first-order valence-electron chi connectivity index (χ1n) is 7.25. The van der Waals surface area contributed by atoms with Crippen LogP contribution in [-0.4, -0.2) is 57.3 Å². The Bertz CT molecular complexity index is 653. The van der Waals surface area contributed by atoms with Gasteiger partial charge in [-0.25, -0.2) is 8.42 Å². The number of benzene rings is 1. The van der Waals surface area contributed by atoms with E-state index in [-0.39, 0.29) is 17.3 Å². The maximum absolute atomic E-state index is 12.5. The highest BCUT2D eigenvalue weighted by Gasteiger charge is 2.24. The van der Waals surface area contributed by atoms with Gasteiger partial charge in [0.05, 0.1) is 18.6 Å². The van der Waals surface area contributed by atoms with E-state index >= 15 is 0 Å². The molecule has 128 valence electrons. The molecule has 0 saturated heterocycles. The van der Waals surface area contributed by atoms with Gasteiger partial charge in [-0.1, -0.05) is 12.2 Å². The van der Waals surface area contributed by atoms with Gasteiger partial charge in [-0.15, -0.1) is 0 Å². The second-order valence-electron chi connectivity index (χ2n) is 5.30. The number of ether oxygens (including phenoxy) is 1. The molecule has 0 N–H and O–H groups in total. The number of methoxy groups -OCH3 is 1. The average Bonchev–Trinajstić information content (AvgIpc) is 2.52. The van der Waals surface area contributed by atoms with Gasteiger partial charge in [-0.2, -0.15) is 4.31 Å². The van der Waals surface area contributed by atoms with Crippen molar-refractivity contribution < 1.29 is 17.9 Å². The summed E-state index contributed by atoms with van der Waals surface area (Å²) in [4.78, 5) is 14.0. The fourth-order valence-corrected chi connectivity index (χ4v) is 3.13. The van der Waals surface area contributed by atoms with Gasteiger partial charge in [0.15, 0.2) is 0 Å². The monoisotopic (exact) mass is 340 g/mol. The zero-order chi connectivity index (χ0) is 17.6. The van der Waals surface area contributed by atoms with Crippen LogP contribution in [0.2, 0.25) is 0 Å². The van der Waals surface area contributed by atoms with E-state index < -0.39 is 10.0 Å². The van der Waals surface area contributed by atoms with Crippen molar-refractivity contribution in [2.24, 2.45) is 0 Å². The Balaban J connectivity index is 2.87. The SMILES string of the molecule is C=C(C)CN(CC)C(=O)CN(C)S(=O)(=O)c1ccc(OC)cc1. The fraction of sp³-hybridized carbons (Fsp3) is 0.438. The lowest BCUT2D eigenvalue weighted by Crippen LogP contribution is -2.41. The number of carbonyl (C=O) groups excluding carboxylic acids is 1. The van der Waals surface area contributed by atoms with Crippen molar-refractivity contribution in [2.45, 2.75) is 18.7 Å². The minimum Gasteiger partial charge on any atom is -0.497 e. The lowest BCUT2D eigenvalue weighted by atomic mass is 10.3. The minimum absolute atomic E-state index is 0.122. The van der Waals surface area contributed by atoms with E-state index in [9.17, 15) is 13.2 Å². The molecule has 0 spiro atoms. The summed E-state index contributed by atoms with van der Waals surface area (Å²) in [5.41, 5.74) is 0.848. The molecule has 7 heteroatoms. The van der Waals surface area contributed by atoms with Gasteiger partial charge in [-0.05, 0) is 38.1 Å². The summed E-state index contributed by atoms with van der Waals surface area (Å²) in [6, 6.07) is 6.06. The van der Waals surface area contributed by atoms with Gasteiger partial charge >= 0.3 is 0 Å². The number of likely N-dealkylation sites (N-methyl/N-ethyl adjacent to an activating group) is 2. The standard InChI is InChI=1S/C16H24N2O4S/c1-6-18(11-13(2)3)16(19)12-17(4)23(20,21)15-9-7-14(22-5)8-10-15/h7-10H,2,6,11-12H2,1,3-5H3. The number of nitrogens with zero attached hydrogens (tertiary/aromatic N) is 2. The van der Waals surface area contributed by atoms with E-state index in [0.29, 0.717) is 18.8 Å². The van der Waals surface area contributed by atoms with E-state index in [2.05, 4.69) is 6.58 Å². The third kappa shape index (κ3) is 5.07. The predicted octanol–water partition coefficient (Wildman–Crippen LogP) is 1.74. The van der Waals surface area contributed by atoms with Crippen molar-refractivity contribution in [1.29, 1.82) is 0 Å². The topological polar surface area (TPSA) is 66.9 Å². The molecule has 0 saturated carbocycles. The van der Waals surface area contributed by atoms with E-state index in [4.69, 9.17) is 4.74 Å². The summed E-state index contributed by atoms with van der Waals surface area (Å²) in [6.45, 7) is 8.16. The Morgan fingerprint density at radius 3 is 2.22 bits per heavy atom. The lowest BCUT2D eigenvalue weighted by molar-refractivity contribution is -0.130. The van der Waals surface area contributed by atoms with Crippen LogP contribution in [0, 0.1) is 0 Å². The van der Waals surface area contributed by atoms with E-state index in [1.165, 1.54) is 26.3 Å². The van der Waals surface area contributed by atoms with Crippen LogP contribution < -0.4 is 4.74 Å². The van der Waals surface area contributed by atoms with Gasteiger partial charge in [0.25, 0.3) is 0 Å². The summed E-state index contributed by atoms with van der Waals surface area (Å²) >= 11 is 0. The summed E-state index contributed by atoms with van der Waals surface area (Å²) in [5.74, 6) is 0.316. The number of sulfonamides is 1. The fourth-order valence-electron chi connectivity index (χ4n) is 2.01. The molecule has 0 aromatic heterocycles. The second kappa shape index (κ2) is 8.12. The predicted molar refractivity (Wildman–Crippen MR) is 89.9 cm³/mol. The maximum Gasteiger partial charge on any atom is 0.243 e. The van der Waals surface area contributed by atoms with Crippen molar-refractivity contribution in [3.05, 3.63) is 36.4 Å². The normalized spacial score (nSPS) is 11.3. The van der Waals surface area contributed by atoms with Crippen LogP contribution in [0.5, 0.6) is 5.75 Å². The highest BCUT2D eigenvalue weighted by Crippen LogP contribution is 2.18. The van der Waals surface area contributed by atoms with Gasteiger partial charge < -0.3 is 9.64 Å². The highest BCUT2D eigenvalue weighted by molar-refractivity contribution is 7.89. The van der Waals surface area contributed by atoms with Gasteiger partial charge in [0.2, 0.25) is 15.9 Å². The number of hydrogen-bond acceptors (Lipinski definition) is 4. The summed E-state index contributed by atoms with van der Waals surface area (Å²) in [7, 11) is -0.817. The molecule has 1 rings (SSSR count). The van der Waals surface area contributed by atoms with Gasteiger partial charge in [0, 0.05) is 20.1 Å². The van der Waals surface area contributed by atoms with Crippen LogP contribution >= 0.6 is 0 Å². The quantitative estimate of drug-likeness (QED) is 0.676. The lowest BCUT2D eigenvalue weighted by Gasteiger charge is -2.24. The molecule has 1 amide bonds. The molecule has 0 unspecified atom stereocenters. The molecular formula is C16H24N2O4S. The first kappa shape index (κ1) is 19.2. The van der Waals surface area contributed by atoms with E-state index in [1.807, 2.05) is 13.8 Å². The summed E-state index contributed by atoms with van der Waals surface area (Å²) in [5, 5.41) is 0. The van der Waals surface area contributed by atoms with Crippen LogP contribution in [0.15, 0.2) is 41.3 Å². The third-order valence-electron chi connectivity index (χ3n) is 3.32. The number of carbonyl (C=O) groups is 1. The molecule has 0 atom stereocenters. The van der Waals surface area contributed by atoms with Crippen LogP contribution in [-0.2, 0) is 14.8 Å². The van der Waals surface area contributed by atoms with Crippen LogP contribution in [0.25, 0.3) is 0 Å². The van der Waals surface area contributed by atoms with Gasteiger partial charge in [-0.3, -0.25) is 4.79 Å². The molecule has 23 heavy (non-hydrogen) atoms. The zero-order valence-electron chi connectivity index (χ0n) is 14.1. The van der Waals surface area contributed by atoms with Gasteiger partial charge in [0.1, 0.15) is 5.75 Å². The van der Waals surface area contributed by atoms with Crippen molar-refractivity contribution in [3.8, 4) is 5.75 Å². The van der Waals surface area contributed by atoms with E-state index in [0.717, 1.165) is 9.88 Å². The molecule has 0 radical (unpaired) electrons. The van der Waals surface area contributed by atoms with Crippen molar-refractivity contribution >= 4 is 15.9 Å². The first-order chi connectivity index (χ1) is 10.7. The molecule has 0 aliphatic heterocycles. The molecule has 0 fully saturated rings. The summed E-state index contributed by atoms with van der Waals surface area (Å²) < 4.78 is 31.1. The Kier molecular flexibility index (Phi) is 6.78. The smallest absolute Gasteiger partial charge is 0.243 e. The molecule has 0 aliphatic carbocycles. The Morgan fingerprint density at radius 2 is 1.78 bits per heavy atom. The number of hydrogen-bond donors (Lipinski definition) is 0. The Morgan fingerprint density at radius 1 is 1.22 bits per heavy atom. The Hall–Kier alpha value is -1.86. The van der Waals surface area contributed by atoms with E-state index in [1.54, 1.807) is 17.0 Å². The molecule has 6 nitrogen and oxygen atoms in total. The van der Waals surface area contributed by atoms with Crippen LogP contribution in [0.3, 0.4) is 0 Å². The molecular weight excluding hydrogens is 316 g/mol. The van der Waals surface area contributed by atoms with Crippen molar-refractivity contribution in [1.82, 2.24) is 9.21 Å². The van der Waals surface area contributed by atoms with Crippen molar-refractivity contribution in [3.63, 3.8) is 0 Å². The first-order valence-corrected chi connectivity index (χ1v) is 8.69. The largest absolute Gasteiger partial charge is 0.497 e. The summed E-state index contributed by atoms with van der Waals surface area (Å²) in [6.07, 6.45) is 0. The van der Waals surface area contributed by atoms with Crippen LogP contribution in [0.4, 0.5) is 0 Å². The Labute approximate surface area is 138 Å². The zero-order valence-corrected chi connectivity index (χ0v) is 14.9. The molecule has 1 aromatic rings. The molecule has 0 heterocycles. The molecule has 0 bridgehead atoms. The average molecular weight is 340 g/mol. The van der Waals surface area contributed by atoms with Crippen LogP contribution in [0.1, 0.15) is 13.8 Å².